The first kappa shape index (κ1) is 16.9. The Hall–Kier alpha value is -0.900. The van der Waals surface area contributed by atoms with Crippen LogP contribution in [0.5, 0.6) is 0 Å². The van der Waals surface area contributed by atoms with E-state index < -0.39 is 10.0 Å². The lowest BCUT2D eigenvalue weighted by Crippen LogP contribution is -2.11. The zero-order chi connectivity index (χ0) is 16.6. The second kappa shape index (κ2) is 6.54. The van der Waals surface area contributed by atoms with Crippen molar-refractivity contribution < 1.29 is 8.42 Å². The molecule has 3 aromatic rings. The van der Waals surface area contributed by atoms with Crippen molar-refractivity contribution in [1.29, 1.82) is 0 Å². The first-order chi connectivity index (χ1) is 10.9. The third-order valence-corrected chi connectivity index (χ3v) is 7.42. The van der Waals surface area contributed by atoms with E-state index in [1.807, 2.05) is 0 Å². The molecule has 0 bridgehead atoms. The Morgan fingerprint density at radius 3 is 2.48 bits per heavy atom. The summed E-state index contributed by atoms with van der Waals surface area (Å²) >= 11 is 19.4. The molecule has 0 aliphatic rings. The zero-order valence-electron chi connectivity index (χ0n) is 11.0. The van der Waals surface area contributed by atoms with Crippen LogP contribution in [0.4, 0.5) is 5.13 Å². The van der Waals surface area contributed by atoms with Crippen molar-refractivity contribution in [2.24, 2.45) is 0 Å². The second-order valence-corrected chi connectivity index (χ2v) is 9.33. The molecule has 0 spiro atoms. The Labute approximate surface area is 155 Å². The Morgan fingerprint density at radius 1 is 1.09 bits per heavy atom. The van der Waals surface area contributed by atoms with Crippen molar-refractivity contribution in [3.05, 3.63) is 44.7 Å². The van der Waals surface area contributed by atoms with Crippen molar-refractivity contribution in [1.82, 2.24) is 9.36 Å². The van der Waals surface area contributed by atoms with Gasteiger partial charge in [-0.1, -0.05) is 46.9 Å². The number of nitrogens with zero attached hydrogens (tertiary/aromatic N) is 2. The van der Waals surface area contributed by atoms with Crippen LogP contribution in [0.1, 0.15) is 0 Å². The summed E-state index contributed by atoms with van der Waals surface area (Å²) in [6.45, 7) is 0. The molecule has 11 heteroatoms. The van der Waals surface area contributed by atoms with Crippen LogP contribution < -0.4 is 4.72 Å². The van der Waals surface area contributed by atoms with Crippen LogP contribution >= 0.6 is 57.7 Å². The summed E-state index contributed by atoms with van der Waals surface area (Å²) in [6.07, 6.45) is 0. The minimum absolute atomic E-state index is 0.00185. The maximum atomic E-state index is 12.3. The summed E-state index contributed by atoms with van der Waals surface area (Å²) < 4.78 is 31.2. The molecular formula is C12H6Cl3N3O2S3. The lowest BCUT2D eigenvalue weighted by Gasteiger charge is -2.01. The molecule has 2 aromatic heterocycles. The molecule has 0 radical (unpaired) electrons. The van der Waals surface area contributed by atoms with Crippen LogP contribution in [-0.4, -0.2) is 17.8 Å². The number of sulfonamides is 1. The molecule has 5 nitrogen and oxygen atoms in total. The van der Waals surface area contributed by atoms with Crippen LogP contribution in [0.3, 0.4) is 0 Å². The standard InChI is InChI=1S/C12H6Cl3N3O2S3/c13-7-4-2-1-3-6(7)11-16-12(22-17-11)18-23(19,20)9-5-8(14)10(15)21-9/h1-5H,(H,16,17,18). The monoisotopic (exact) mass is 425 g/mol. The van der Waals surface area contributed by atoms with Gasteiger partial charge in [-0.2, -0.15) is 9.36 Å². The molecule has 0 atom stereocenters. The number of anilines is 1. The summed E-state index contributed by atoms with van der Waals surface area (Å²) in [6, 6.07) is 8.32. The zero-order valence-corrected chi connectivity index (χ0v) is 15.7. The molecule has 0 aliphatic heterocycles. The topological polar surface area (TPSA) is 72.0 Å². The highest BCUT2D eigenvalue weighted by Gasteiger charge is 2.21. The Balaban J connectivity index is 1.88. The van der Waals surface area contributed by atoms with Crippen LogP contribution in [-0.2, 0) is 10.0 Å². The van der Waals surface area contributed by atoms with Gasteiger partial charge in [0.2, 0.25) is 5.13 Å². The summed E-state index contributed by atoms with van der Waals surface area (Å²) in [5, 5.41) is 0.795. The maximum Gasteiger partial charge on any atom is 0.273 e. The second-order valence-electron chi connectivity index (χ2n) is 4.20. The molecular weight excluding hydrogens is 421 g/mol. The molecule has 2 heterocycles. The van der Waals surface area contributed by atoms with E-state index in [-0.39, 0.29) is 18.7 Å². The first-order valence-electron chi connectivity index (χ1n) is 5.93. The van der Waals surface area contributed by atoms with E-state index in [2.05, 4.69) is 14.1 Å². The van der Waals surface area contributed by atoms with Crippen LogP contribution in [0.15, 0.2) is 34.5 Å². The number of rotatable bonds is 4. The van der Waals surface area contributed by atoms with Crippen molar-refractivity contribution in [3.8, 4) is 11.4 Å². The van der Waals surface area contributed by atoms with Gasteiger partial charge in [0.05, 0.1) is 10.0 Å². The molecule has 0 saturated heterocycles. The van der Waals surface area contributed by atoms with Gasteiger partial charge < -0.3 is 0 Å². The van der Waals surface area contributed by atoms with Gasteiger partial charge in [0, 0.05) is 17.1 Å². The van der Waals surface area contributed by atoms with Gasteiger partial charge in [-0.25, -0.2) is 8.42 Å². The molecule has 1 N–H and O–H groups in total. The maximum absolute atomic E-state index is 12.3. The van der Waals surface area contributed by atoms with Crippen molar-refractivity contribution in [2.75, 3.05) is 4.72 Å². The normalized spacial score (nSPS) is 11.6. The van der Waals surface area contributed by atoms with E-state index in [1.165, 1.54) is 6.07 Å². The molecule has 23 heavy (non-hydrogen) atoms. The van der Waals surface area contributed by atoms with Gasteiger partial charge in [-0.15, -0.1) is 11.3 Å². The fraction of sp³-hybridized carbons (Fsp3) is 0. The van der Waals surface area contributed by atoms with E-state index in [1.54, 1.807) is 24.3 Å². The Bertz CT molecular complexity index is 949. The van der Waals surface area contributed by atoms with Gasteiger partial charge >= 0.3 is 0 Å². The molecule has 0 unspecified atom stereocenters. The smallest absolute Gasteiger partial charge is 0.253 e. The minimum atomic E-state index is -3.82. The van der Waals surface area contributed by atoms with E-state index in [9.17, 15) is 8.42 Å². The molecule has 3 rings (SSSR count). The van der Waals surface area contributed by atoms with E-state index in [0.717, 1.165) is 22.9 Å². The molecule has 0 amide bonds. The molecule has 0 saturated carbocycles. The summed E-state index contributed by atoms with van der Waals surface area (Å²) in [4.78, 5) is 4.15. The highest BCUT2D eigenvalue weighted by atomic mass is 35.5. The number of hydrogen-bond donors (Lipinski definition) is 1. The summed E-state index contributed by atoms with van der Waals surface area (Å²) in [7, 11) is -3.82. The Kier molecular flexibility index (Phi) is 4.82. The van der Waals surface area contributed by atoms with Gasteiger partial charge in [-0.05, 0) is 18.2 Å². The van der Waals surface area contributed by atoms with Crippen LogP contribution in [0.25, 0.3) is 11.4 Å². The van der Waals surface area contributed by atoms with Crippen molar-refractivity contribution in [3.63, 3.8) is 0 Å². The van der Waals surface area contributed by atoms with Gasteiger partial charge in [0.15, 0.2) is 5.82 Å². The third kappa shape index (κ3) is 3.62. The van der Waals surface area contributed by atoms with Gasteiger partial charge in [0.25, 0.3) is 10.0 Å². The van der Waals surface area contributed by atoms with E-state index in [0.29, 0.717) is 16.4 Å². The van der Waals surface area contributed by atoms with Crippen LogP contribution in [0, 0.1) is 0 Å². The van der Waals surface area contributed by atoms with E-state index in [4.69, 9.17) is 34.8 Å². The summed E-state index contributed by atoms with van der Waals surface area (Å²) in [5.74, 6) is 0.348. The number of halogens is 3. The van der Waals surface area contributed by atoms with Gasteiger partial charge in [0.1, 0.15) is 8.55 Å². The lowest BCUT2D eigenvalue weighted by molar-refractivity contribution is 0.603. The molecule has 0 fully saturated rings. The lowest BCUT2D eigenvalue weighted by atomic mass is 10.2. The fourth-order valence-electron chi connectivity index (χ4n) is 1.64. The Morgan fingerprint density at radius 2 is 1.83 bits per heavy atom. The third-order valence-electron chi connectivity index (χ3n) is 2.65. The summed E-state index contributed by atoms with van der Waals surface area (Å²) in [5.41, 5.74) is 0.623. The predicted octanol–water partition coefficient (Wildman–Crippen LogP) is 5.03. The minimum Gasteiger partial charge on any atom is -0.253 e. The average Bonchev–Trinajstić information content (AvgIpc) is 3.07. The average molecular weight is 427 g/mol. The fourth-order valence-corrected chi connectivity index (χ4v) is 5.55. The SMILES string of the molecule is O=S(=O)(Nc1nc(-c2ccccc2Cl)ns1)c1cc(Cl)c(Cl)s1. The molecule has 1 aromatic carbocycles. The van der Waals surface area contributed by atoms with Gasteiger partial charge in [-0.3, -0.25) is 4.72 Å². The van der Waals surface area contributed by atoms with Crippen molar-refractivity contribution in [2.45, 2.75) is 4.21 Å². The molecule has 0 aliphatic carbocycles. The number of aromatic nitrogens is 2. The number of benzene rings is 1. The largest absolute Gasteiger partial charge is 0.273 e. The predicted molar refractivity (Wildman–Crippen MR) is 95.5 cm³/mol. The number of hydrogen-bond acceptors (Lipinski definition) is 6. The first-order valence-corrected chi connectivity index (χ1v) is 10.1. The van der Waals surface area contributed by atoms with Crippen LogP contribution in [0.2, 0.25) is 14.4 Å². The van der Waals surface area contributed by atoms with Crippen molar-refractivity contribution >= 4 is 72.8 Å². The highest BCUT2D eigenvalue weighted by molar-refractivity contribution is 7.95. The van der Waals surface area contributed by atoms with E-state index >= 15 is 0 Å². The molecule has 120 valence electrons. The highest BCUT2D eigenvalue weighted by Crippen LogP contribution is 2.35. The quantitative estimate of drug-likeness (QED) is 0.635. The number of thiophene rings is 1. The number of nitrogens with one attached hydrogen (secondary N) is 1.